The molecular formula is C19H18FN5O2. The summed E-state index contributed by atoms with van der Waals surface area (Å²) in [5, 5.41) is 2.50. The molecular weight excluding hydrogens is 349 g/mol. The lowest BCUT2D eigenvalue weighted by Crippen LogP contribution is -2.47. The normalized spacial score (nSPS) is 19.7. The number of hydrogen-bond donors (Lipinski definition) is 1. The summed E-state index contributed by atoms with van der Waals surface area (Å²) in [5.74, 6) is -0.599. The summed E-state index contributed by atoms with van der Waals surface area (Å²) in [4.78, 5) is 39.0. The predicted octanol–water partition coefficient (Wildman–Crippen LogP) is 2.01. The van der Waals surface area contributed by atoms with Gasteiger partial charge in [0.2, 0.25) is 11.9 Å². The lowest BCUT2D eigenvalue weighted by Gasteiger charge is -2.33. The lowest BCUT2D eigenvalue weighted by atomic mass is 9.90. The van der Waals surface area contributed by atoms with Gasteiger partial charge in [0.25, 0.3) is 5.91 Å². The average molecular weight is 367 g/mol. The van der Waals surface area contributed by atoms with Crippen molar-refractivity contribution in [2.24, 2.45) is 0 Å². The molecule has 3 aliphatic rings. The molecule has 0 saturated heterocycles. The van der Waals surface area contributed by atoms with E-state index in [1.165, 1.54) is 12.8 Å². The Bertz CT molecular complexity index is 938. The van der Waals surface area contributed by atoms with Gasteiger partial charge in [0, 0.05) is 23.6 Å². The minimum absolute atomic E-state index is 0.0168. The number of fused-ring (bicyclic) bond motifs is 2. The van der Waals surface area contributed by atoms with Crippen LogP contribution in [0.5, 0.6) is 0 Å². The number of nitrogens with one attached hydrogen (secondary N) is 1. The highest BCUT2D eigenvalue weighted by Crippen LogP contribution is 2.52. The van der Waals surface area contributed by atoms with Gasteiger partial charge in [-0.2, -0.15) is 0 Å². The van der Waals surface area contributed by atoms with Gasteiger partial charge in [0.05, 0.1) is 23.7 Å². The monoisotopic (exact) mass is 367 g/mol. The number of nitrogens with zero attached hydrogens (tertiary/aromatic N) is 4. The topological polar surface area (TPSA) is 88.1 Å². The van der Waals surface area contributed by atoms with Crippen LogP contribution in [-0.2, 0) is 10.2 Å². The van der Waals surface area contributed by atoms with E-state index in [0.29, 0.717) is 18.0 Å². The molecule has 1 spiro atoms. The molecule has 3 heterocycles. The van der Waals surface area contributed by atoms with E-state index in [0.717, 1.165) is 36.6 Å². The smallest absolute Gasteiger partial charge is 0.256 e. The second-order valence-electron chi connectivity index (χ2n) is 7.62. The van der Waals surface area contributed by atoms with Gasteiger partial charge in [0.1, 0.15) is 6.54 Å². The molecule has 27 heavy (non-hydrogen) atoms. The first-order chi connectivity index (χ1) is 13.0. The van der Waals surface area contributed by atoms with Crippen LogP contribution in [0.2, 0.25) is 0 Å². The Morgan fingerprint density at radius 2 is 2.00 bits per heavy atom. The number of hydrogen-bond acceptors (Lipinski definition) is 5. The van der Waals surface area contributed by atoms with Crippen molar-refractivity contribution in [3.8, 4) is 0 Å². The third-order valence-electron chi connectivity index (χ3n) is 5.49. The van der Waals surface area contributed by atoms with Gasteiger partial charge in [-0.25, -0.2) is 14.4 Å². The number of halogens is 1. The quantitative estimate of drug-likeness (QED) is 0.893. The van der Waals surface area contributed by atoms with Gasteiger partial charge in [0.15, 0.2) is 5.82 Å². The van der Waals surface area contributed by atoms with E-state index >= 15 is 0 Å². The molecule has 0 bridgehead atoms. The van der Waals surface area contributed by atoms with Crippen LogP contribution in [0.1, 0.15) is 53.3 Å². The average Bonchev–Trinajstić information content (AvgIpc) is 3.57. The predicted molar refractivity (Wildman–Crippen MR) is 93.6 cm³/mol. The van der Waals surface area contributed by atoms with Crippen molar-refractivity contribution >= 4 is 17.8 Å². The molecule has 0 aromatic carbocycles. The van der Waals surface area contributed by atoms with Crippen LogP contribution in [0.3, 0.4) is 0 Å². The standard InChI is InChI=1S/C19H18FN5O2/c20-12-7-21-18(22-8-12)24-15(26)9-25-10-19(5-6-19)16-13(17(25)27)3-4-14(23-16)11-1-2-11/h3-4,7-8,11H,1-2,5-6,9-10H2,(H,21,22,24,26). The second kappa shape index (κ2) is 5.80. The maximum Gasteiger partial charge on any atom is 0.256 e. The number of amides is 2. The van der Waals surface area contributed by atoms with Gasteiger partial charge in [-0.1, -0.05) is 0 Å². The van der Waals surface area contributed by atoms with Crippen LogP contribution in [-0.4, -0.2) is 44.8 Å². The van der Waals surface area contributed by atoms with Crippen LogP contribution in [0.25, 0.3) is 0 Å². The number of carbonyl (C=O) groups is 2. The van der Waals surface area contributed by atoms with Gasteiger partial charge in [-0.15, -0.1) is 0 Å². The molecule has 2 aromatic rings. The summed E-state index contributed by atoms with van der Waals surface area (Å²) in [6.45, 7) is 0.406. The number of rotatable bonds is 4. The summed E-state index contributed by atoms with van der Waals surface area (Å²) in [6, 6.07) is 3.81. The van der Waals surface area contributed by atoms with Crippen molar-refractivity contribution in [2.45, 2.75) is 37.0 Å². The molecule has 1 N–H and O–H groups in total. The van der Waals surface area contributed by atoms with Crippen LogP contribution >= 0.6 is 0 Å². The highest BCUT2D eigenvalue weighted by molar-refractivity contribution is 6.01. The van der Waals surface area contributed by atoms with Gasteiger partial charge in [-0.05, 0) is 37.8 Å². The van der Waals surface area contributed by atoms with E-state index in [-0.39, 0.29) is 23.8 Å². The molecule has 0 unspecified atom stereocenters. The molecule has 5 rings (SSSR count). The van der Waals surface area contributed by atoms with Crippen molar-refractivity contribution in [1.29, 1.82) is 0 Å². The molecule has 2 aliphatic carbocycles. The SMILES string of the molecule is O=C(CN1CC2(CC2)c2nc(C3CC3)ccc2C1=O)Nc1ncc(F)cn1. The largest absolute Gasteiger partial charge is 0.328 e. The number of anilines is 1. The second-order valence-corrected chi connectivity index (χ2v) is 7.62. The van der Waals surface area contributed by atoms with E-state index in [9.17, 15) is 14.0 Å². The highest BCUT2D eigenvalue weighted by Gasteiger charge is 2.53. The highest BCUT2D eigenvalue weighted by atomic mass is 19.1. The Hall–Kier alpha value is -2.90. The fourth-order valence-corrected chi connectivity index (χ4v) is 3.73. The van der Waals surface area contributed by atoms with Crippen molar-refractivity contribution < 1.29 is 14.0 Å². The summed E-state index contributed by atoms with van der Waals surface area (Å²) in [7, 11) is 0. The van der Waals surface area contributed by atoms with Crippen LogP contribution in [0.15, 0.2) is 24.5 Å². The first-order valence-corrected chi connectivity index (χ1v) is 9.12. The number of aromatic nitrogens is 3. The third kappa shape index (κ3) is 2.94. The summed E-state index contributed by atoms with van der Waals surface area (Å²) >= 11 is 0. The Kier molecular flexibility index (Phi) is 3.50. The lowest BCUT2D eigenvalue weighted by molar-refractivity contribution is -0.117. The first kappa shape index (κ1) is 16.3. The summed E-state index contributed by atoms with van der Waals surface area (Å²) in [6.07, 6.45) is 6.26. The zero-order valence-electron chi connectivity index (χ0n) is 14.6. The van der Waals surface area contributed by atoms with Crippen LogP contribution in [0.4, 0.5) is 10.3 Å². The summed E-state index contributed by atoms with van der Waals surface area (Å²) < 4.78 is 12.9. The van der Waals surface area contributed by atoms with E-state index in [2.05, 4.69) is 15.3 Å². The fourth-order valence-electron chi connectivity index (χ4n) is 3.73. The Labute approximate surface area is 155 Å². The zero-order chi connectivity index (χ0) is 18.6. The molecule has 138 valence electrons. The molecule has 2 fully saturated rings. The van der Waals surface area contributed by atoms with Crippen LogP contribution < -0.4 is 5.32 Å². The van der Waals surface area contributed by atoms with Gasteiger partial charge in [-0.3, -0.25) is 19.9 Å². The maximum absolute atomic E-state index is 12.9. The van der Waals surface area contributed by atoms with Gasteiger partial charge >= 0.3 is 0 Å². The minimum Gasteiger partial charge on any atom is -0.328 e. The molecule has 8 heteroatoms. The molecule has 1 aliphatic heterocycles. The molecule has 0 atom stereocenters. The maximum atomic E-state index is 12.9. The molecule has 2 aromatic heterocycles. The fraction of sp³-hybridized carbons (Fsp3) is 0.421. The Morgan fingerprint density at radius 1 is 1.26 bits per heavy atom. The van der Waals surface area contributed by atoms with Gasteiger partial charge < -0.3 is 4.90 Å². The van der Waals surface area contributed by atoms with Crippen molar-refractivity contribution in [1.82, 2.24) is 19.9 Å². The number of pyridine rings is 1. The molecule has 2 amide bonds. The Balaban J connectivity index is 1.35. The Morgan fingerprint density at radius 3 is 2.67 bits per heavy atom. The minimum atomic E-state index is -0.579. The van der Waals surface area contributed by atoms with Crippen molar-refractivity contribution in [3.63, 3.8) is 0 Å². The van der Waals surface area contributed by atoms with E-state index in [4.69, 9.17) is 4.98 Å². The van der Waals surface area contributed by atoms with E-state index in [1.807, 2.05) is 12.1 Å². The molecule has 0 radical (unpaired) electrons. The number of carbonyl (C=O) groups excluding carboxylic acids is 2. The first-order valence-electron chi connectivity index (χ1n) is 9.12. The van der Waals surface area contributed by atoms with E-state index < -0.39 is 11.7 Å². The summed E-state index contributed by atoms with van der Waals surface area (Å²) in [5.41, 5.74) is 2.50. The molecule has 2 saturated carbocycles. The van der Waals surface area contributed by atoms with Crippen molar-refractivity contribution in [2.75, 3.05) is 18.4 Å². The zero-order valence-corrected chi connectivity index (χ0v) is 14.6. The third-order valence-corrected chi connectivity index (χ3v) is 5.49. The van der Waals surface area contributed by atoms with Crippen LogP contribution in [0, 0.1) is 5.82 Å². The molecule has 7 nitrogen and oxygen atoms in total. The van der Waals surface area contributed by atoms with Crippen molar-refractivity contribution in [3.05, 3.63) is 47.3 Å². The van der Waals surface area contributed by atoms with E-state index in [1.54, 1.807) is 4.90 Å².